The molecule has 1 aromatic heterocycles. The summed E-state index contributed by atoms with van der Waals surface area (Å²) >= 11 is 0. The van der Waals surface area contributed by atoms with Crippen molar-refractivity contribution in [1.29, 1.82) is 0 Å². The lowest BCUT2D eigenvalue weighted by molar-refractivity contribution is 0.329. The molecule has 0 radical (unpaired) electrons. The lowest BCUT2D eigenvalue weighted by Crippen LogP contribution is -2.11. The Kier molecular flexibility index (Phi) is 4.34. The maximum absolute atomic E-state index is 5.68. The SMILES string of the molecule is CC1CCC(c2noc(-c3ccccc3CCN)n2)CC1. The van der Waals surface area contributed by atoms with Crippen LogP contribution in [0.15, 0.2) is 28.8 Å². The number of hydrogen-bond donors (Lipinski definition) is 1. The van der Waals surface area contributed by atoms with Crippen LogP contribution in [0.1, 0.15) is 49.9 Å². The van der Waals surface area contributed by atoms with Crippen LogP contribution in [0.4, 0.5) is 0 Å². The van der Waals surface area contributed by atoms with Gasteiger partial charge in [0.15, 0.2) is 5.82 Å². The van der Waals surface area contributed by atoms with E-state index in [1.165, 1.54) is 31.2 Å². The summed E-state index contributed by atoms with van der Waals surface area (Å²) in [7, 11) is 0. The summed E-state index contributed by atoms with van der Waals surface area (Å²) < 4.78 is 5.52. The van der Waals surface area contributed by atoms with E-state index in [4.69, 9.17) is 10.3 Å². The molecule has 4 nitrogen and oxygen atoms in total. The minimum Gasteiger partial charge on any atom is -0.334 e. The minimum atomic E-state index is 0.459. The quantitative estimate of drug-likeness (QED) is 0.933. The van der Waals surface area contributed by atoms with E-state index in [0.29, 0.717) is 18.4 Å². The van der Waals surface area contributed by atoms with Crippen LogP contribution in [-0.2, 0) is 6.42 Å². The summed E-state index contributed by atoms with van der Waals surface area (Å²) in [6, 6.07) is 8.13. The third-order valence-corrected chi connectivity index (χ3v) is 4.48. The van der Waals surface area contributed by atoms with Crippen LogP contribution in [-0.4, -0.2) is 16.7 Å². The highest BCUT2D eigenvalue weighted by Gasteiger charge is 2.24. The molecule has 1 aromatic carbocycles. The van der Waals surface area contributed by atoms with Gasteiger partial charge in [0.05, 0.1) is 0 Å². The Morgan fingerprint density at radius 1 is 1.19 bits per heavy atom. The molecule has 0 amide bonds. The largest absolute Gasteiger partial charge is 0.334 e. The summed E-state index contributed by atoms with van der Waals surface area (Å²) in [5.74, 6) is 2.80. The summed E-state index contributed by atoms with van der Waals surface area (Å²) in [6.45, 7) is 2.94. The molecule has 1 aliphatic rings. The summed E-state index contributed by atoms with van der Waals surface area (Å²) in [5.41, 5.74) is 7.87. The van der Waals surface area contributed by atoms with Crippen molar-refractivity contribution >= 4 is 0 Å². The van der Waals surface area contributed by atoms with Gasteiger partial charge < -0.3 is 10.3 Å². The first-order chi connectivity index (χ1) is 10.3. The van der Waals surface area contributed by atoms with Gasteiger partial charge in [0.25, 0.3) is 5.89 Å². The van der Waals surface area contributed by atoms with Gasteiger partial charge in [-0.3, -0.25) is 0 Å². The fourth-order valence-electron chi connectivity index (χ4n) is 3.13. The maximum Gasteiger partial charge on any atom is 0.258 e. The number of hydrogen-bond acceptors (Lipinski definition) is 4. The molecule has 1 heterocycles. The first-order valence-electron chi connectivity index (χ1n) is 7.90. The highest BCUT2D eigenvalue weighted by atomic mass is 16.5. The molecule has 0 aliphatic heterocycles. The van der Waals surface area contributed by atoms with Crippen LogP contribution < -0.4 is 5.73 Å². The Morgan fingerprint density at radius 3 is 2.71 bits per heavy atom. The molecule has 0 atom stereocenters. The zero-order chi connectivity index (χ0) is 14.7. The predicted octanol–water partition coefficient (Wildman–Crippen LogP) is 3.53. The van der Waals surface area contributed by atoms with E-state index in [2.05, 4.69) is 23.1 Å². The Labute approximate surface area is 125 Å². The predicted molar refractivity (Wildman–Crippen MR) is 82.9 cm³/mol. The van der Waals surface area contributed by atoms with E-state index < -0.39 is 0 Å². The molecule has 1 fully saturated rings. The van der Waals surface area contributed by atoms with E-state index in [9.17, 15) is 0 Å². The monoisotopic (exact) mass is 285 g/mol. The molecule has 4 heteroatoms. The fraction of sp³-hybridized carbons (Fsp3) is 0.529. The third kappa shape index (κ3) is 3.16. The van der Waals surface area contributed by atoms with Crippen molar-refractivity contribution in [1.82, 2.24) is 10.1 Å². The lowest BCUT2D eigenvalue weighted by Gasteiger charge is -2.23. The van der Waals surface area contributed by atoms with Gasteiger partial charge in [-0.15, -0.1) is 0 Å². The summed E-state index contributed by atoms with van der Waals surface area (Å²) in [5, 5.41) is 4.23. The van der Waals surface area contributed by atoms with Gasteiger partial charge in [-0.1, -0.05) is 43.1 Å². The average molecular weight is 285 g/mol. The average Bonchev–Trinajstić information content (AvgIpc) is 2.99. The highest BCUT2D eigenvalue weighted by molar-refractivity contribution is 5.58. The molecule has 0 unspecified atom stereocenters. The number of aromatic nitrogens is 2. The van der Waals surface area contributed by atoms with Crippen molar-refractivity contribution in [2.75, 3.05) is 6.54 Å². The molecule has 21 heavy (non-hydrogen) atoms. The van der Waals surface area contributed by atoms with Crippen molar-refractivity contribution in [2.45, 2.75) is 44.9 Å². The van der Waals surface area contributed by atoms with Crippen LogP contribution in [0.25, 0.3) is 11.5 Å². The van der Waals surface area contributed by atoms with Gasteiger partial charge >= 0.3 is 0 Å². The van der Waals surface area contributed by atoms with Gasteiger partial charge in [-0.2, -0.15) is 4.98 Å². The molecule has 0 bridgehead atoms. The van der Waals surface area contributed by atoms with Crippen LogP contribution >= 0.6 is 0 Å². The molecule has 3 rings (SSSR count). The Balaban J connectivity index is 1.82. The number of rotatable bonds is 4. The second-order valence-corrected chi connectivity index (χ2v) is 6.11. The molecular formula is C17H23N3O. The smallest absolute Gasteiger partial charge is 0.258 e. The van der Waals surface area contributed by atoms with E-state index in [0.717, 1.165) is 23.7 Å². The van der Waals surface area contributed by atoms with Crippen LogP contribution in [0, 0.1) is 5.92 Å². The molecule has 1 aliphatic carbocycles. The topological polar surface area (TPSA) is 64.9 Å². The van der Waals surface area contributed by atoms with Crippen LogP contribution in [0.5, 0.6) is 0 Å². The Hall–Kier alpha value is -1.68. The highest BCUT2D eigenvalue weighted by Crippen LogP contribution is 2.35. The minimum absolute atomic E-state index is 0.459. The Bertz CT molecular complexity index is 585. The maximum atomic E-state index is 5.68. The zero-order valence-electron chi connectivity index (χ0n) is 12.6. The second-order valence-electron chi connectivity index (χ2n) is 6.11. The van der Waals surface area contributed by atoms with Gasteiger partial charge in [-0.05, 0) is 43.4 Å². The van der Waals surface area contributed by atoms with Gasteiger partial charge in [0, 0.05) is 11.5 Å². The molecule has 0 spiro atoms. The third-order valence-electron chi connectivity index (χ3n) is 4.48. The van der Waals surface area contributed by atoms with Crippen molar-refractivity contribution < 1.29 is 4.52 Å². The van der Waals surface area contributed by atoms with E-state index >= 15 is 0 Å². The van der Waals surface area contributed by atoms with Gasteiger partial charge in [-0.25, -0.2) is 0 Å². The Morgan fingerprint density at radius 2 is 1.95 bits per heavy atom. The van der Waals surface area contributed by atoms with E-state index in [1.54, 1.807) is 0 Å². The summed E-state index contributed by atoms with van der Waals surface area (Å²) in [6.07, 6.45) is 5.70. The van der Waals surface area contributed by atoms with Crippen LogP contribution in [0.3, 0.4) is 0 Å². The lowest BCUT2D eigenvalue weighted by atomic mass is 9.83. The summed E-state index contributed by atoms with van der Waals surface area (Å²) in [4.78, 5) is 4.65. The number of nitrogens with zero attached hydrogens (tertiary/aromatic N) is 2. The molecule has 2 aromatic rings. The van der Waals surface area contributed by atoms with Crippen molar-refractivity contribution in [3.05, 3.63) is 35.7 Å². The number of benzene rings is 1. The molecule has 2 N–H and O–H groups in total. The van der Waals surface area contributed by atoms with E-state index in [1.807, 2.05) is 18.2 Å². The van der Waals surface area contributed by atoms with Gasteiger partial charge in [0.2, 0.25) is 0 Å². The van der Waals surface area contributed by atoms with Gasteiger partial charge in [0.1, 0.15) is 0 Å². The van der Waals surface area contributed by atoms with Crippen LogP contribution in [0.2, 0.25) is 0 Å². The van der Waals surface area contributed by atoms with E-state index in [-0.39, 0.29) is 0 Å². The molecule has 0 saturated heterocycles. The molecule has 112 valence electrons. The normalized spacial score (nSPS) is 22.4. The first-order valence-corrected chi connectivity index (χ1v) is 7.90. The standard InChI is InChI=1S/C17H23N3O/c1-12-6-8-14(9-7-12)16-19-17(21-20-16)15-5-3-2-4-13(15)10-11-18/h2-5,12,14H,6-11,18H2,1H3. The molecule has 1 saturated carbocycles. The zero-order valence-corrected chi connectivity index (χ0v) is 12.6. The molecular weight excluding hydrogens is 262 g/mol. The van der Waals surface area contributed by atoms with Crippen molar-refractivity contribution in [2.24, 2.45) is 11.7 Å². The van der Waals surface area contributed by atoms with Crippen molar-refractivity contribution in [3.8, 4) is 11.5 Å². The fourth-order valence-corrected chi connectivity index (χ4v) is 3.13. The first kappa shape index (κ1) is 14.3. The number of nitrogens with two attached hydrogens (primary N) is 1. The van der Waals surface area contributed by atoms with Crippen molar-refractivity contribution in [3.63, 3.8) is 0 Å². The second kappa shape index (κ2) is 6.39.